The molecule has 42 heavy (non-hydrogen) atoms. The second-order valence-corrected chi connectivity index (χ2v) is 16.8. The molecule has 238 valence electrons. The smallest absolute Gasteiger partial charge is 0.302 e. The molecule has 5 aliphatic carbocycles. The van der Waals surface area contributed by atoms with Gasteiger partial charge in [-0.25, -0.2) is 0 Å². The lowest BCUT2D eigenvalue weighted by molar-refractivity contribution is -0.253. The molecule has 0 aromatic heterocycles. The molecular weight excluding hydrogens is 528 g/mol. The minimum Gasteiger partial charge on any atom is -0.466 e. The quantitative estimate of drug-likeness (QED) is 0.234. The first-order chi connectivity index (χ1) is 19.5. The fourth-order valence-electron chi connectivity index (χ4n) is 12.7. The Bertz CT molecular complexity index is 1080. The van der Waals surface area contributed by atoms with Crippen molar-refractivity contribution in [3.63, 3.8) is 0 Å². The third-order valence-electron chi connectivity index (χ3n) is 14.7. The fraction of sp³-hybridized carbons (Fsp3) is 0.917. The van der Waals surface area contributed by atoms with E-state index in [1.54, 1.807) is 6.92 Å². The molecule has 0 saturated heterocycles. The van der Waals surface area contributed by atoms with Crippen LogP contribution < -0.4 is 0 Å². The summed E-state index contributed by atoms with van der Waals surface area (Å²) in [4.78, 5) is 35.8. The molecule has 0 aromatic carbocycles. The van der Waals surface area contributed by atoms with E-state index in [2.05, 4.69) is 41.5 Å². The molecule has 0 aromatic rings. The van der Waals surface area contributed by atoms with Crippen LogP contribution in [0.2, 0.25) is 0 Å². The summed E-state index contributed by atoms with van der Waals surface area (Å²) in [6.07, 6.45) is 11.5. The summed E-state index contributed by atoms with van der Waals surface area (Å²) in [5, 5.41) is 0. The Balaban J connectivity index is 1.48. The first kappa shape index (κ1) is 31.8. The molecule has 5 rings (SSSR count). The van der Waals surface area contributed by atoms with Gasteiger partial charge in [-0.2, -0.15) is 0 Å². The van der Waals surface area contributed by atoms with Gasteiger partial charge in [0.25, 0.3) is 0 Å². The molecule has 11 unspecified atom stereocenters. The number of ether oxygens (including phenoxy) is 3. The lowest BCUT2D eigenvalue weighted by Gasteiger charge is -2.73. The highest BCUT2D eigenvalue weighted by molar-refractivity contribution is 5.66. The molecule has 0 bridgehead atoms. The van der Waals surface area contributed by atoms with Crippen molar-refractivity contribution in [2.45, 2.75) is 133 Å². The number of rotatable bonds is 6. The van der Waals surface area contributed by atoms with Crippen molar-refractivity contribution < 1.29 is 28.6 Å². The molecule has 0 amide bonds. The second-order valence-electron chi connectivity index (χ2n) is 16.8. The number of hydrogen-bond donors (Lipinski definition) is 0. The summed E-state index contributed by atoms with van der Waals surface area (Å²) in [7, 11) is 0. The van der Waals surface area contributed by atoms with E-state index >= 15 is 0 Å². The zero-order chi connectivity index (χ0) is 30.9. The van der Waals surface area contributed by atoms with Gasteiger partial charge in [-0.05, 0) is 116 Å². The highest BCUT2D eigenvalue weighted by Crippen LogP contribution is 2.77. The van der Waals surface area contributed by atoms with Crippen LogP contribution in [-0.4, -0.2) is 37.2 Å². The average molecular weight is 587 g/mol. The Kier molecular flexibility index (Phi) is 8.17. The maximum Gasteiger partial charge on any atom is 0.302 e. The topological polar surface area (TPSA) is 78.9 Å². The van der Waals surface area contributed by atoms with Crippen molar-refractivity contribution >= 4 is 17.9 Å². The van der Waals surface area contributed by atoms with Gasteiger partial charge in [0.15, 0.2) is 0 Å². The minimum absolute atomic E-state index is 0.00103. The van der Waals surface area contributed by atoms with E-state index in [0.717, 1.165) is 32.1 Å². The second kappa shape index (κ2) is 10.8. The molecular formula is C36H58O6. The summed E-state index contributed by atoms with van der Waals surface area (Å²) in [6, 6.07) is 0. The Morgan fingerprint density at radius 1 is 0.714 bits per heavy atom. The van der Waals surface area contributed by atoms with Crippen LogP contribution in [0.25, 0.3) is 0 Å². The molecule has 0 N–H and O–H groups in total. The van der Waals surface area contributed by atoms with Gasteiger partial charge in [-0.3, -0.25) is 14.4 Å². The van der Waals surface area contributed by atoms with Crippen LogP contribution in [0.5, 0.6) is 0 Å². The van der Waals surface area contributed by atoms with E-state index in [1.165, 1.54) is 46.0 Å². The van der Waals surface area contributed by atoms with E-state index < -0.39 is 0 Å². The van der Waals surface area contributed by atoms with Gasteiger partial charge in [0.05, 0.1) is 13.2 Å². The maximum atomic E-state index is 12.0. The standard InChI is InChI=1S/C36H58O6/c1-22(20-40-23(2)37)26-12-17-36(21-41-24(3)38)19-18-34(8)27(31(26)36)10-11-29-33(7)15-14-30(42-25(4)39)32(5,6)28(33)13-16-35(29,34)9/h22,26-31H,10-21H2,1-9H3. The molecule has 6 nitrogen and oxygen atoms in total. The Morgan fingerprint density at radius 3 is 2.05 bits per heavy atom. The Hall–Kier alpha value is -1.59. The van der Waals surface area contributed by atoms with Gasteiger partial charge in [0.1, 0.15) is 6.10 Å². The summed E-state index contributed by atoms with van der Waals surface area (Å²) < 4.78 is 17.3. The van der Waals surface area contributed by atoms with Crippen molar-refractivity contribution in [2.24, 2.45) is 62.6 Å². The van der Waals surface area contributed by atoms with Gasteiger partial charge in [0.2, 0.25) is 0 Å². The highest BCUT2D eigenvalue weighted by atomic mass is 16.5. The van der Waals surface area contributed by atoms with Gasteiger partial charge >= 0.3 is 17.9 Å². The van der Waals surface area contributed by atoms with E-state index in [1.807, 2.05) is 0 Å². The first-order valence-corrected chi connectivity index (χ1v) is 17.0. The van der Waals surface area contributed by atoms with Crippen molar-refractivity contribution in [1.82, 2.24) is 0 Å². The minimum atomic E-state index is -0.205. The molecule has 0 aliphatic heterocycles. The van der Waals surface area contributed by atoms with Crippen LogP contribution in [0.3, 0.4) is 0 Å². The molecule has 5 aliphatic rings. The van der Waals surface area contributed by atoms with Crippen LogP contribution in [0.1, 0.15) is 127 Å². The van der Waals surface area contributed by atoms with Gasteiger partial charge < -0.3 is 14.2 Å². The molecule has 5 fully saturated rings. The fourth-order valence-corrected chi connectivity index (χ4v) is 12.7. The van der Waals surface area contributed by atoms with Crippen LogP contribution in [-0.2, 0) is 28.6 Å². The van der Waals surface area contributed by atoms with Gasteiger partial charge in [-0.1, -0.05) is 41.5 Å². The Morgan fingerprint density at radius 2 is 1.40 bits per heavy atom. The summed E-state index contributed by atoms with van der Waals surface area (Å²) >= 11 is 0. The monoisotopic (exact) mass is 586 g/mol. The lowest BCUT2D eigenvalue weighted by atomic mass is 9.32. The summed E-state index contributed by atoms with van der Waals surface area (Å²) in [5.74, 6) is 2.44. The van der Waals surface area contributed by atoms with Crippen LogP contribution in [0, 0.1) is 62.6 Å². The highest BCUT2D eigenvalue weighted by Gasteiger charge is 2.71. The predicted molar refractivity (Wildman–Crippen MR) is 162 cm³/mol. The summed E-state index contributed by atoms with van der Waals surface area (Å²) in [6.45, 7) is 20.4. The lowest BCUT2D eigenvalue weighted by Crippen LogP contribution is -2.67. The SMILES string of the molecule is CC(=O)OCC(C)C1CCC2(COC(C)=O)CCC3(C)C(CCC4C5(C)CCC(OC(C)=O)C(C)(C)C5CCC43C)C12. The Labute approximate surface area is 254 Å². The zero-order valence-corrected chi connectivity index (χ0v) is 28.0. The molecule has 6 heteroatoms. The molecule has 0 spiro atoms. The van der Waals surface area contributed by atoms with Crippen molar-refractivity contribution in [1.29, 1.82) is 0 Å². The normalized spacial score (nSPS) is 46.2. The number of carbonyl (C=O) groups is 3. The largest absolute Gasteiger partial charge is 0.466 e. The van der Waals surface area contributed by atoms with E-state index in [4.69, 9.17) is 14.2 Å². The van der Waals surface area contributed by atoms with E-state index in [-0.39, 0.29) is 57.0 Å². The van der Waals surface area contributed by atoms with Crippen molar-refractivity contribution in [3.8, 4) is 0 Å². The predicted octanol–water partition coefficient (Wildman–Crippen LogP) is 7.76. The number of hydrogen-bond acceptors (Lipinski definition) is 6. The van der Waals surface area contributed by atoms with E-state index in [9.17, 15) is 14.4 Å². The number of fused-ring (bicyclic) bond motifs is 7. The zero-order valence-electron chi connectivity index (χ0n) is 28.0. The molecule has 11 atom stereocenters. The summed E-state index contributed by atoms with van der Waals surface area (Å²) in [5.41, 5.74) is 0.650. The molecule has 5 saturated carbocycles. The van der Waals surface area contributed by atoms with Gasteiger partial charge in [-0.15, -0.1) is 0 Å². The average Bonchev–Trinajstić information content (AvgIpc) is 3.28. The van der Waals surface area contributed by atoms with Crippen LogP contribution in [0.15, 0.2) is 0 Å². The van der Waals surface area contributed by atoms with E-state index in [0.29, 0.717) is 42.8 Å². The number of carbonyl (C=O) groups excluding carboxylic acids is 3. The first-order valence-electron chi connectivity index (χ1n) is 17.0. The van der Waals surface area contributed by atoms with Crippen molar-refractivity contribution in [2.75, 3.05) is 13.2 Å². The van der Waals surface area contributed by atoms with Crippen molar-refractivity contribution in [3.05, 3.63) is 0 Å². The van der Waals surface area contributed by atoms with Gasteiger partial charge in [0, 0.05) is 31.6 Å². The molecule has 0 radical (unpaired) electrons. The number of esters is 3. The molecule has 0 heterocycles. The van der Waals surface area contributed by atoms with Crippen LogP contribution in [0.4, 0.5) is 0 Å². The third kappa shape index (κ3) is 4.75. The van der Waals surface area contributed by atoms with Crippen LogP contribution >= 0.6 is 0 Å². The maximum absolute atomic E-state index is 12.0. The third-order valence-corrected chi connectivity index (χ3v) is 14.7.